The summed E-state index contributed by atoms with van der Waals surface area (Å²) in [5.41, 5.74) is 2.51. The standard InChI is InChI=1S/C11H13Br2N/c1-7-4-9(12)6-14-11(7)5-10(13)8-2-3-8/h4,6,8,10H,2-3,5H2,1H3. The second kappa shape index (κ2) is 4.31. The van der Waals surface area contributed by atoms with E-state index in [1.54, 1.807) is 0 Å². The summed E-state index contributed by atoms with van der Waals surface area (Å²) in [5.74, 6) is 0.889. The second-order valence-corrected chi connectivity index (χ2v) is 6.07. The van der Waals surface area contributed by atoms with E-state index in [1.165, 1.54) is 24.1 Å². The van der Waals surface area contributed by atoms with Gasteiger partial charge in [0, 0.05) is 27.6 Å². The first kappa shape index (κ1) is 10.6. The van der Waals surface area contributed by atoms with Gasteiger partial charge in [-0.2, -0.15) is 0 Å². The molecule has 0 aromatic carbocycles. The number of aromatic nitrogens is 1. The van der Waals surface area contributed by atoms with Crippen LogP contribution in [0.2, 0.25) is 0 Å². The molecule has 1 atom stereocenters. The molecule has 1 aromatic heterocycles. The van der Waals surface area contributed by atoms with Gasteiger partial charge in [0.15, 0.2) is 0 Å². The summed E-state index contributed by atoms with van der Waals surface area (Å²) in [7, 11) is 0. The smallest absolute Gasteiger partial charge is 0.0444 e. The van der Waals surface area contributed by atoms with E-state index in [9.17, 15) is 0 Å². The topological polar surface area (TPSA) is 12.9 Å². The monoisotopic (exact) mass is 317 g/mol. The number of alkyl halides is 1. The molecule has 14 heavy (non-hydrogen) atoms. The molecule has 1 aromatic rings. The zero-order valence-corrected chi connectivity index (χ0v) is 11.3. The van der Waals surface area contributed by atoms with Crippen molar-refractivity contribution < 1.29 is 0 Å². The Labute approximate surface area is 102 Å². The normalized spacial score (nSPS) is 18.2. The van der Waals surface area contributed by atoms with Crippen molar-refractivity contribution in [1.29, 1.82) is 0 Å². The SMILES string of the molecule is Cc1cc(Br)cnc1CC(Br)C1CC1. The lowest BCUT2D eigenvalue weighted by atomic mass is 10.1. The number of aryl methyl sites for hydroxylation is 1. The zero-order valence-electron chi connectivity index (χ0n) is 8.13. The number of hydrogen-bond acceptors (Lipinski definition) is 1. The molecule has 2 rings (SSSR count). The zero-order chi connectivity index (χ0) is 10.1. The van der Waals surface area contributed by atoms with Crippen molar-refractivity contribution in [3.8, 4) is 0 Å². The maximum absolute atomic E-state index is 4.45. The van der Waals surface area contributed by atoms with Gasteiger partial charge in [0.25, 0.3) is 0 Å². The molecule has 1 saturated carbocycles. The van der Waals surface area contributed by atoms with Gasteiger partial charge in [0.05, 0.1) is 0 Å². The van der Waals surface area contributed by atoms with Crippen LogP contribution in [0.3, 0.4) is 0 Å². The highest BCUT2D eigenvalue weighted by atomic mass is 79.9. The van der Waals surface area contributed by atoms with Gasteiger partial charge in [-0.1, -0.05) is 15.9 Å². The van der Waals surface area contributed by atoms with Gasteiger partial charge < -0.3 is 0 Å². The van der Waals surface area contributed by atoms with Crippen LogP contribution in [0.15, 0.2) is 16.7 Å². The van der Waals surface area contributed by atoms with Crippen LogP contribution in [0.1, 0.15) is 24.1 Å². The second-order valence-electron chi connectivity index (χ2n) is 3.97. The van der Waals surface area contributed by atoms with E-state index < -0.39 is 0 Å². The Bertz CT molecular complexity index is 334. The van der Waals surface area contributed by atoms with E-state index in [0.717, 1.165) is 16.8 Å². The highest BCUT2D eigenvalue weighted by molar-refractivity contribution is 9.10. The van der Waals surface area contributed by atoms with Gasteiger partial charge in [-0.3, -0.25) is 4.98 Å². The Morgan fingerprint density at radius 1 is 1.57 bits per heavy atom. The van der Waals surface area contributed by atoms with E-state index in [1.807, 2.05) is 6.20 Å². The molecular formula is C11H13Br2N. The predicted octanol–water partition coefficient (Wildman–Crippen LogP) is 3.87. The first-order chi connectivity index (χ1) is 6.66. The van der Waals surface area contributed by atoms with Crippen LogP contribution < -0.4 is 0 Å². The summed E-state index contributed by atoms with van der Waals surface area (Å²) in [4.78, 5) is 5.07. The lowest BCUT2D eigenvalue weighted by molar-refractivity contribution is 0.742. The number of rotatable bonds is 3. The summed E-state index contributed by atoms with van der Waals surface area (Å²) in [6, 6.07) is 2.13. The van der Waals surface area contributed by atoms with E-state index in [4.69, 9.17) is 0 Å². The molecule has 1 aliphatic carbocycles. The van der Waals surface area contributed by atoms with Crippen molar-refractivity contribution in [1.82, 2.24) is 4.98 Å². The molecule has 1 fully saturated rings. The fourth-order valence-electron chi connectivity index (χ4n) is 1.59. The van der Waals surface area contributed by atoms with Crippen molar-refractivity contribution >= 4 is 31.9 Å². The summed E-state index contributed by atoms with van der Waals surface area (Å²) in [6.45, 7) is 2.12. The quantitative estimate of drug-likeness (QED) is 0.771. The molecule has 1 nitrogen and oxygen atoms in total. The Morgan fingerprint density at radius 2 is 2.29 bits per heavy atom. The lowest BCUT2D eigenvalue weighted by Gasteiger charge is -2.09. The van der Waals surface area contributed by atoms with E-state index in [-0.39, 0.29) is 0 Å². The first-order valence-corrected chi connectivity index (χ1v) is 6.63. The average Bonchev–Trinajstić information content (AvgIpc) is 2.92. The van der Waals surface area contributed by atoms with Gasteiger partial charge >= 0.3 is 0 Å². The lowest BCUT2D eigenvalue weighted by Crippen LogP contribution is -2.07. The third kappa shape index (κ3) is 2.57. The molecule has 0 aliphatic heterocycles. The molecule has 1 aliphatic rings. The number of nitrogens with zero attached hydrogens (tertiary/aromatic N) is 1. The van der Waals surface area contributed by atoms with Crippen LogP contribution in [0, 0.1) is 12.8 Å². The van der Waals surface area contributed by atoms with Gasteiger partial charge in [-0.15, -0.1) is 0 Å². The fourth-order valence-corrected chi connectivity index (χ4v) is 2.87. The molecule has 0 bridgehead atoms. The molecule has 0 spiro atoms. The maximum atomic E-state index is 4.45. The van der Waals surface area contributed by atoms with Crippen molar-refractivity contribution in [3.05, 3.63) is 28.0 Å². The minimum atomic E-state index is 0.620. The van der Waals surface area contributed by atoms with Crippen LogP contribution in [-0.4, -0.2) is 9.81 Å². The predicted molar refractivity (Wildman–Crippen MR) is 65.8 cm³/mol. The molecule has 0 amide bonds. The van der Waals surface area contributed by atoms with E-state index in [0.29, 0.717) is 4.83 Å². The molecule has 3 heteroatoms. The summed E-state index contributed by atoms with van der Waals surface area (Å²) in [6.07, 6.45) is 5.70. The Kier molecular flexibility index (Phi) is 3.27. The summed E-state index contributed by atoms with van der Waals surface area (Å²) >= 11 is 7.17. The van der Waals surface area contributed by atoms with Crippen LogP contribution in [0.5, 0.6) is 0 Å². The average molecular weight is 319 g/mol. The molecule has 1 unspecified atom stereocenters. The number of pyridine rings is 1. The minimum absolute atomic E-state index is 0.620. The van der Waals surface area contributed by atoms with Crippen LogP contribution in [-0.2, 0) is 6.42 Å². The molecule has 0 N–H and O–H groups in total. The first-order valence-electron chi connectivity index (χ1n) is 4.92. The van der Waals surface area contributed by atoms with E-state index >= 15 is 0 Å². The number of halogens is 2. The molecule has 0 radical (unpaired) electrons. The Morgan fingerprint density at radius 3 is 2.86 bits per heavy atom. The van der Waals surface area contributed by atoms with Crippen molar-refractivity contribution in [2.75, 3.05) is 0 Å². The highest BCUT2D eigenvalue weighted by Crippen LogP contribution is 2.38. The van der Waals surface area contributed by atoms with Gasteiger partial charge in [-0.25, -0.2) is 0 Å². The Hall–Kier alpha value is 0.110. The molecule has 0 saturated heterocycles. The highest BCUT2D eigenvalue weighted by Gasteiger charge is 2.29. The summed E-state index contributed by atoms with van der Waals surface area (Å²) in [5, 5.41) is 0. The van der Waals surface area contributed by atoms with Crippen molar-refractivity contribution in [2.24, 2.45) is 5.92 Å². The molecular weight excluding hydrogens is 306 g/mol. The summed E-state index contributed by atoms with van der Waals surface area (Å²) < 4.78 is 1.07. The number of hydrogen-bond donors (Lipinski definition) is 0. The van der Waals surface area contributed by atoms with Crippen LogP contribution in [0.25, 0.3) is 0 Å². The molecule has 1 heterocycles. The van der Waals surface area contributed by atoms with Crippen molar-refractivity contribution in [2.45, 2.75) is 31.0 Å². The Balaban J connectivity index is 2.07. The van der Waals surface area contributed by atoms with E-state index in [2.05, 4.69) is 49.8 Å². The third-order valence-electron chi connectivity index (χ3n) is 2.68. The van der Waals surface area contributed by atoms with Gasteiger partial charge in [-0.05, 0) is 53.2 Å². The van der Waals surface area contributed by atoms with Gasteiger partial charge in [0.1, 0.15) is 0 Å². The van der Waals surface area contributed by atoms with Gasteiger partial charge in [0.2, 0.25) is 0 Å². The van der Waals surface area contributed by atoms with Crippen LogP contribution in [0.4, 0.5) is 0 Å². The fraction of sp³-hybridized carbons (Fsp3) is 0.545. The largest absolute Gasteiger partial charge is 0.260 e. The molecule has 76 valence electrons. The third-order valence-corrected chi connectivity index (χ3v) is 4.18. The van der Waals surface area contributed by atoms with Crippen molar-refractivity contribution in [3.63, 3.8) is 0 Å². The maximum Gasteiger partial charge on any atom is 0.0444 e. The van der Waals surface area contributed by atoms with Crippen LogP contribution >= 0.6 is 31.9 Å². The minimum Gasteiger partial charge on any atom is -0.260 e.